The highest BCUT2D eigenvalue weighted by atomic mass is 35.5. The Hall–Kier alpha value is -2.88. The van der Waals surface area contributed by atoms with E-state index < -0.39 is 0 Å². The number of hydrogen-bond donors (Lipinski definition) is 1. The van der Waals surface area contributed by atoms with Gasteiger partial charge in [0.25, 0.3) is 0 Å². The molecule has 1 aliphatic heterocycles. The number of nitrogens with zero attached hydrogens (tertiary/aromatic N) is 3. The number of benzene rings is 1. The van der Waals surface area contributed by atoms with Crippen LogP contribution in [0.2, 0.25) is 5.02 Å². The topological polar surface area (TPSA) is 102 Å². The Morgan fingerprint density at radius 1 is 1.16 bits per heavy atom. The zero-order valence-corrected chi connectivity index (χ0v) is 10.2. The Morgan fingerprint density at radius 2 is 1.89 bits per heavy atom. The van der Waals surface area contributed by atoms with Gasteiger partial charge in [0, 0.05) is 0 Å². The van der Waals surface area contributed by atoms with E-state index in [0.29, 0.717) is 11.5 Å². The lowest BCUT2D eigenvalue weighted by Gasteiger charge is -2.09. The molecule has 0 atom stereocenters. The molecule has 0 amide bonds. The second-order valence-electron chi connectivity index (χ2n) is 3.37. The summed E-state index contributed by atoms with van der Waals surface area (Å²) in [6.07, 6.45) is 0. The molecule has 0 radical (unpaired) electrons. The first-order chi connectivity index (χ1) is 9.21. The van der Waals surface area contributed by atoms with Crippen LogP contribution in [0.25, 0.3) is 0 Å². The molecule has 6 nitrogen and oxygen atoms in total. The van der Waals surface area contributed by atoms with E-state index in [1.54, 1.807) is 30.3 Å². The van der Waals surface area contributed by atoms with Crippen LogP contribution in [0.1, 0.15) is 0 Å². The molecule has 1 aromatic rings. The Labute approximate surface area is 113 Å². The molecular weight excluding hydrogens is 268 g/mol. The Balaban J connectivity index is 2.49. The van der Waals surface area contributed by atoms with Gasteiger partial charge in [-0.15, -0.1) is 0 Å². The number of fused-ring (bicyclic) bond motifs is 1. The third kappa shape index (κ3) is 2.24. The molecule has 2 rings (SSSR count). The summed E-state index contributed by atoms with van der Waals surface area (Å²) >= 11 is 6.00. The van der Waals surface area contributed by atoms with Crippen molar-refractivity contribution in [2.45, 2.75) is 0 Å². The summed E-state index contributed by atoms with van der Waals surface area (Å²) in [7, 11) is 0. The monoisotopic (exact) mass is 272 g/mol. The normalized spacial score (nSPS) is 10.8. The van der Waals surface area contributed by atoms with Crippen LogP contribution in [0.15, 0.2) is 23.4 Å². The molecule has 0 fully saturated rings. The van der Waals surface area contributed by atoms with Gasteiger partial charge in [-0.3, -0.25) is 0 Å². The number of ether oxygens (including phenoxy) is 2. The van der Waals surface area contributed by atoms with Crippen molar-refractivity contribution >= 4 is 17.3 Å². The summed E-state index contributed by atoms with van der Waals surface area (Å²) in [5, 5.41) is 29.4. The minimum absolute atomic E-state index is 0.0410. The van der Waals surface area contributed by atoms with Gasteiger partial charge in [0.1, 0.15) is 29.6 Å². The fourth-order valence-corrected chi connectivity index (χ4v) is 1.67. The molecular formula is C12H5ClN4O2. The molecule has 0 saturated heterocycles. The SMILES string of the molecule is N#CC(C#N)=C(C#N)Nc1c(Cl)ccc2c1OCO2. The number of nitriles is 3. The van der Waals surface area contributed by atoms with Gasteiger partial charge in [0.05, 0.1) is 5.02 Å². The Bertz CT molecular complexity index is 675. The molecule has 19 heavy (non-hydrogen) atoms. The molecule has 0 aliphatic carbocycles. The third-order valence-electron chi connectivity index (χ3n) is 2.32. The van der Waals surface area contributed by atoms with Crippen molar-refractivity contribution in [2.75, 3.05) is 12.1 Å². The van der Waals surface area contributed by atoms with Crippen LogP contribution in [0.4, 0.5) is 5.69 Å². The lowest BCUT2D eigenvalue weighted by atomic mass is 10.2. The Kier molecular flexibility index (Phi) is 3.43. The molecule has 92 valence electrons. The van der Waals surface area contributed by atoms with Crippen molar-refractivity contribution in [3.63, 3.8) is 0 Å². The van der Waals surface area contributed by atoms with Gasteiger partial charge in [-0.1, -0.05) is 11.6 Å². The van der Waals surface area contributed by atoms with E-state index in [2.05, 4.69) is 5.32 Å². The van der Waals surface area contributed by atoms with Crippen LogP contribution >= 0.6 is 11.6 Å². The molecule has 0 spiro atoms. The van der Waals surface area contributed by atoms with E-state index in [1.807, 2.05) is 0 Å². The zero-order chi connectivity index (χ0) is 13.8. The van der Waals surface area contributed by atoms with Crippen molar-refractivity contribution < 1.29 is 9.47 Å². The molecule has 1 aromatic carbocycles. The molecule has 0 saturated carbocycles. The summed E-state index contributed by atoms with van der Waals surface area (Å²) in [5.74, 6) is 0.815. The van der Waals surface area contributed by atoms with Crippen LogP contribution in [0.5, 0.6) is 11.5 Å². The van der Waals surface area contributed by atoms with Crippen LogP contribution in [0.3, 0.4) is 0 Å². The van der Waals surface area contributed by atoms with E-state index in [-0.39, 0.29) is 28.8 Å². The van der Waals surface area contributed by atoms with Gasteiger partial charge in [-0.25, -0.2) is 0 Å². The maximum Gasteiger partial charge on any atom is 0.231 e. The van der Waals surface area contributed by atoms with Gasteiger partial charge in [-0.05, 0) is 12.1 Å². The smallest absolute Gasteiger partial charge is 0.231 e. The summed E-state index contributed by atoms with van der Waals surface area (Å²) in [6.45, 7) is 0.0410. The average Bonchev–Trinajstić information content (AvgIpc) is 2.89. The highest BCUT2D eigenvalue weighted by molar-refractivity contribution is 6.33. The average molecular weight is 273 g/mol. The molecule has 0 aromatic heterocycles. The lowest BCUT2D eigenvalue weighted by Crippen LogP contribution is -2.02. The van der Waals surface area contributed by atoms with Gasteiger partial charge < -0.3 is 14.8 Å². The van der Waals surface area contributed by atoms with Gasteiger partial charge >= 0.3 is 0 Å². The number of halogens is 1. The van der Waals surface area contributed by atoms with Crippen LogP contribution in [-0.2, 0) is 0 Å². The third-order valence-corrected chi connectivity index (χ3v) is 2.64. The van der Waals surface area contributed by atoms with Crippen LogP contribution in [-0.4, -0.2) is 6.79 Å². The van der Waals surface area contributed by atoms with Crippen LogP contribution < -0.4 is 14.8 Å². The number of rotatable bonds is 2. The van der Waals surface area contributed by atoms with Crippen molar-refractivity contribution in [2.24, 2.45) is 0 Å². The minimum atomic E-state index is -0.338. The molecule has 1 heterocycles. The first-order valence-electron chi connectivity index (χ1n) is 5.01. The quantitative estimate of drug-likeness (QED) is 0.829. The second-order valence-corrected chi connectivity index (χ2v) is 3.77. The first kappa shape index (κ1) is 12.6. The number of allylic oxidation sites excluding steroid dienone is 2. The van der Waals surface area contributed by atoms with Crippen molar-refractivity contribution in [3.8, 4) is 29.7 Å². The summed E-state index contributed by atoms with van der Waals surface area (Å²) in [6, 6.07) is 8.18. The highest BCUT2D eigenvalue weighted by Gasteiger charge is 2.21. The van der Waals surface area contributed by atoms with E-state index in [0.717, 1.165) is 0 Å². The molecule has 1 N–H and O–H groups in total. The molecule has 7 heteroatoms. The zero-order valence-electron chi connectivity index (χ0n) is 9.40. The molecule has 1 aliphatic rings. The second kappa shape index (κ2) is 5.18. The van der Waals surface area contributed by atoms with Crippen molar-refractivity contribution in [1.82, 2.24) is 0 Å². The van der Waals surface area contributed by atoms with Gasteiger partial charge in [0.15, 0.2) is 17.1 Å². The van der Waals surface area contributed by atoms with Gasteiger partial charge in [0.2, 0.25) is 6.79 Å². The fraction of sp³-hybridized carbons (Fsp3) is 0.0833. The standard InChI is InChI=1S/C12H5ClN4O2/c13-8-1-2-10-12(19-6-18-10)11(8)17-9(5-16)7(3-14)4-15/h1-2,17H,6H2. The Morgan fingerprint density at radius 3 is 2.53 bits per heavy atom. The summed E-state index contributed by atoms with van der Waals surface area (Å²) in [4.78, 5) is 0. The predicted octanol–water partition coefficient (Wildman–Crippen LogP) is 2.31. The number of nitrogens with one attached hydrogen (secondary N) is 1. The maximum atomic E-state index is 8.97. The van der Waals surface area contributed by atoms with Crippen molar-refractivity contribution in [3.05, 3.63) is 28.4 Å². The maximum absolute atomic E-state index is 8.97. The minimum Gasteiger partial charge on any atom is -0.454 e. The number of hydrogen-bond acceptors (Lipinski definition) is 6. The van der Waals surface area contributed by atoms with E-state index in [9.17, 15) is 0 Å². The number of anilines is 1. The predicted molar refractivity (Wildman–Crippen MR) is 65.1 cm³/mol. The largest absolute Gasteiger partial charge is 0.454 e. The van der Waals surface area contributed by atoms with E-state index in [4.69, 9.17) is 36.9 Å². The van der Waals surface area contributed by atoms with E-state index in [1.165, 1.54) is 0 Å². The van der Waals surface area contributed by atoms with Gasteiger partial charge in [-0.2, -0.15) is 15.8 Å². The first-order valence-corrected chi connectivity index (χ1v) is 5.38. The fourth-order valence-electron chi connectivity index (χ4n) is 1.47. The summed E-state index contributed by atoms with van der Waals surface area (Å²) in [5.41, 5.74) is -0.248. The van der Waals surface area contributed by atoms with E-state index >= 15 is 0 Å². The molecule has 0 unspecified atom stereocenters. The van der Waals surface area contributed by atoms with Crippen LogP contribution in [0, 0.1) is 34.0 Å². The highest BCUT2D eigenvalue weighted by Crippen LogP contribution is 2.44. The molecule has 0 bridgehead atoms. The lowest BCUT2D eigenvalue weighted by molar-refractivity contribution is 0.174. The van der Waals surface area contributed by atoms with Crippen molar-refractivity contribution in [1.29, 1.82) is 15.8 Å². The summed E-state index contributed by atoms with van der Waals surface area (Å²) < 4.78 is 10.4.